The molecule has 28 heavy (non-hydrogen) atoms. The smallest absolute Gasteiger partial charge is 0.238 e. The molecule has 0 saturated carbocycles. The first kappa shape index (κ1) is 20.3. The molecule has 3 rings (SSSR count). The Balaban J connectivity index is 1.63. The van der Waals surface area contributed by atoms with E-state index in [1.807, 2.05) is 65.7 Å². The van der Waals surface area contributed by atoms with E-state index < -0.39 is 0 Å². The van der Waals surface area contributed by atoms with Crippen molar-refractivity contribution in [1.82, 2.24) is 9.88 Å². The third-order valence-corrected chi connectivity index (χ3v) is 5.49. The van der Waals surface area contributed by atoms with Gasteiger partial charge in [-0.05, 0) is 24.7 Å². The van der Waals surface area contributed by atoms with Crippen LogP contribution in [-0.4, -0.2) is 36.0 Å². The number of hydrogen-bond donors (Lipinski definition) is 1. The number of thiazole rings is 1. The summed E-state index contributed by atoms with van der Waals surface area (Å²) in [4.78, 5) is 19.2. The fraction of sp³-hybridized carbons (Fsp3) is 0.238. The number of carbonyl (C=O) groups excluding carboxylic acids is 1. The van der Waals surface area contributed by atoms with E-state index in [1.165, 1.54) is 0 Å². The summed E-state index contributed by atoms with van der Waals surface area (Å²) in [6.07, 6.45) is 0. The molecule has 0 atom stereocenters. The molecule has 0 fully saturated rings. The lowest BCUT2D eigenvalue weighted by Crippen LogP contribution is -2.32. The zero-order chi connectivity index (χ0) is 19.9. The molecule has 7 heteroatoms. The third-order valence-electron chi connectivity index (χ3n) is 4.24. The van der Waals surface area contributed by atoms with Crippen LogP contribution >= 0.6 is 22.9 Å². The van der Waals surface area contributed by atoms with Gasteiger partial charge in [0.05, 0.1) is 30.1 Å². The van der Waals surface area contributed by atoms with Crippen LogP contribution in [0.15, 0.2) is 53.9 Å². The minimum Gasteiger partial charge on any atom is -0.495 e. The Kier molecular flexibility index (Phi) is 7.03. The molecule has 0 spiro atoms. The molecule has 1 aromatic heterocycles. The summed E-state index contributed by atoms with van der Waals surface area (Å²) < 4.78 is 5.28. The number of nitrogens with zero attached hydrogens (tertiary/aromatic N) is 2. The Morgan fingerprint density at radius 3 is 2.71 bits per heavy atom. The van der Waals surface area contributed by atoms with E-state index in [0.29, 0.717) is 23.0 Å². The molecule has 5 nitrogen and oxygen atoms in total. The number of likely N-dealkylation sites (N-methyl/N-ethyl adjacent to an activating group) is 1. The number of para-hydroxylation sites is 2. The zero-order valence-electron chi connectivity index (χ0n) is 15.8. The van der Waals surface area contributed by atoms with E-state index in [1.54, 1.807) is 18.4 Å². The largest absolute Gasteiger partial charge is 0.495 e. The lowest BCUT2D eigenvalue weighted by molar-refractivity contribution is -0.117. The second kappa shape index (κ2) is 9.68. The SMILES string of the molecule is CCN(CC(=O)Nc1ccccc1OC)Cc1csc(-c2ccccc2Cl)n1. The summed E-state index contributed by atoms with van der Waals surface area (Å²) in [5.74, 6) is 0.552. The Morgan fingerprint density at radius 2 is 1.96 bits per heavy atom. The quantitative estimate of drug-likeness (QED) is 0.566. The van der Waals surface area contributed by atoms with Gasteiger partial charge < -0.3 is 10.1 Å². The van der Waals surface area contributed by atoms with Crippen molar-refractivity contribution in [2.24, 2.45) is 0 Å². The van der Waals surface area contributed by atoms with Gasteiger partial charge in [0.25, 0.3) is 0 Å². The van der Waals surface area contributed by atoms with Gasteiger partial charge in [-0.3, -0.25) is 9.69 Å². The molecule has 0 saturated heterocycles. The number of anilines is 1. The fourth-order valence-electron chi connectivity index (χ4n) is 2.79. The van der Waals surface area contributed by atoms with Gasteiger partial charge in [0.1, 0.15) is 10.8 Å². The second-order valence-electron chi connectivity index (χ2n) is 6.18. The van der Waals surface area contributed by atoms with Crippen LogP contribution in [0.3, 0.4) is 0 Å². The van der Waals surface area contributed by atoms with Gasteiger partial charge in [0, 0.05) is 17.5 Å². The highest BCUT2D eigenvalue weighted by Gasteiger charge is 2.14. The van der Waals surface area contributed by atoms with Gasteiger partial charge in [-0.15, -0.1) is 11.3 Å². The van der Waals surface area contributed by atoms with Gasteiger partial charge in [-0.2, -0.15) is 0 Å². The van der Waals surface area contributed by atoms with Gasteiger partial charge in [0.15, 0.2) is 0 Å². The van der Waals surface area contributed by atoms with E-state index in [-0.39, 0.29) is 12.5 Å². The number of hydrogen-bond acceptors (Lipinski definition) is 5. The molecule has 1 amide bonds. The Bertz CT molecular complexity index is 945. The van der Waals surface area contributed by atoms with Crippen LogP contribution < -0.4 is 10.1 Å². The van der Waals surface area contributed by atoms with Crippen LogP contribution in [0.2, 0.25) is 5.02 Å². The molecule has 1 N–H and O–H groups in total. The molecule has 3 aromatic rings. The lowest BCUT2D eigenvalue weighted by atomic mass is 10.2. The molecule has 0 unspecified atom stereocenters. The van der Waals surface area contributed by atoms with Crippen molar-refractivity contribution in [2.75, 3.05) is 25.5 Å². The summed E-state index contributed by atoms with van der Waals surface area (Å²) in [6.45, 7) is 3.63. The van der Waals surface area contributed by atoms with E-state index in [9.17, 15) is 4.79 Å². The highest BCUT2D eigenvalue weighted by atomic mass is 35.5. The standard InChI is InChI=1S/C21H22ClN3O2S/c1-3-25(13-20(26)24-18-10-6-7-11-19(18)27-2)12-15-14-28-21(23-15)16-8-4-5-9-17(16)22/h4-11,14H,3,12-13H2,1-2H3,(H,24,26). The number of nitrogens with one attached hydrogen (secondary N) is 1. The van der Waals surface area contributed by atoms with Crippen molar-refractivity contribution in [3.63, 3.8) is 0 Å². The van der Waals surface area contributed by atoms with Crippen molar-refractivity contribution in [3.8, 4) is 16.3 Å². The molecular weight excluding hydrogens is 394 g/mol. The Hall–Kier alpha value is -2.41. The summed E-state index contributed by atoms with van der Waals surface area (Å²) in [6, 6.07) is 15.0. The third kappa shape index (κ3) is 5.10. The van der Waals surface area contributed by atoms with Crippen LogP contribution in [0, 0.1) is 0 Å². The average molecular weight is 416 g/mol. The number of methoxy groups -OCH3 is 1. The number of halogens is 1. The summed E-state index contributed by atoms with van der Waals surface area (Å²) in [5.41, 5.74) is 2.52. The summed E-state index contributed by atoms with van der Waals surface area (Å²) in [7, 11) is 1.59. The highest BCUT2D eigenvalue weighted by Crippen LogP contribution is 2.30. The maximum Gasteiger partial charge on any atom is 0.238 e. The van der Waals surface area contributed by atoms with Crippen molar-refractivity contribution in [2.45, 2.75) is 13.5 Å². The maximum atomic E-state index is 12.5. The predicted octanol–water partition coefficient (Wildman–Crippen LogP) is 4.93. The van der Waals surface area contributed by atoms with Crippen LogP contribution in [0.5, 0.6) is 5.75 Å². The second-order valence-corrected chi connectivity index (χ2v) is 7.44. The molecule has 0 bridgehead atoms. The number of aromatic nitrogens is 1. The van der Waals surface area contributed by atoms with Crippen LogP contribution in [0.1, 0.15) is 12.6 Å². The van der Waals surface area contributed by atoms with Gasteiger partial charge >= 0.3 is 0 Å². The molecule has 0 aliphatic carbocycles. The number of amides is 1. The van der Waals surface area contributed by atoms with Crippen LogP contribution in [-0.2, 0) is 11.3 Å². The first-order chi connectivity index (χ1) is 13.6. The normalized spacial score (nSPS) is 10.9. The van der Waals surface area contributed by atoms with Gasteiger partial charge in [-0.1, -0.05) is 48.9 Å². The number of rotatable bonds is 8. The number of carbonyl (C=O) groups is 1. The van der Waals surface area contributed by atoms with Gasteiger partial charge in [0.2, 0.25) is 5.91 Å². The summed E-state index contributed by atoms with van der Waals surface area (Å²) >= 11 is 7.82. The molecule has 0 radical (unpaired) electrons. The molecule has 0 aliphatic rings. The van der Waals surface area contributed by atoms with Gasteiger partial charge in [-0.25, -0.2) is 4.98 Å². The van der Waals surface area contributed by atoms with Crippen molar-refractivity contribution < 1.29 is 9.53 Å². The Morgan fingerprint density at radius 1 is 1.21 bits per heavy atom. The van der Waals surface area contributed by atoms with Crippen LogP contribution in [0.4, 0.5) is 5.69 Å². The minimum atomic E-state index is -0.0899. The van der Waals surface area contributed by atoms with E-state index in [2.05, 4.69) is 10.3 Å². The minimum absolute atomic E-state index is 0.0899. The number of ether oxygens (including phenoxy) is 1. The molecule has 2 aromatic carbocycles. The zero-order valence-corrected chi connectivity index (χ0v) is 17.4. The predicted molar refractivity (Wildman–Crippen MR) is 115 cm³/mol. The summed E-state index contributed by atoms with van der Waals surface area (Å²) in [5, 5.41) is 6.49. The molecule has 1 heterocycles. The highest BCUT2D eigenvalue weighted by molar-refractivity contribution is 7.13. The molecular formula is C21H22ClN3O2S. The molecule has 0 aliphatic heterocycles. The van der Waals surface area contributed by atoms with Crippen molar-refractivity contribution >= 4 is 34.5 Å². The first-order valence-electron chi connectivity index (χ1n) is 8.95. The first-order valence-corrected chi connectivity index (χ1v) is 10.2. The molecule has 146 valence electrons. The Labute approximate surface area is 173 Å². The topological polar surface area (TPSA) is 54.5 Å². The fourth-order valence-corrected chi connectivity index (χ4v) is 3.92. The number of benzene rings is 2. The van der Waals surface area contributed by atoms with Crippen molar-refractivity contribution in [3.05, 3.63) is 64.6 Å². The monoisotopic (exact) mass is 415 g/mol. The van der Waals surface area contributed by atoms with E-state index >= 15 is 0 Å². The van der Waals surface area contributed by atoms with E-state index in [4.69, 9.17) is 16.3 Å². The van der Waals surface area contributed by atoms with Crippen LogP contribution in [0.25, 0.3) is 10.6 Å². The van der Waals surface area contributed by atoms with E-state index in [0.717, 1.165) is 22.8 Å². The maximum absolute atomic E-state index is 12.5. The lowest BCUT2D eigenvalue weighted by Gasteiger charge is -2.19. The van der Waals surface area contributed by atoms with Crippen molar-refractivity contribution in [1.29, 1.82) is 0 Å². The average Bonchev–Trinajstić information content (AvgIpc) is 3.16.